The van der Waals surface area contributed by atoms with Crippen molar-refractivity contribution in [2.75, 3.05) is 7.11 Å². The van der Waals surface area contributed by atoms with Crippen LogP contribution in [-0.4, -0.2) is 34.5 Å². The molecule has 0 radical (unpaired) electrons. The van der Waals surface area contributed by atoms with Crippen LogP contribution in [0.3, 0.4) is 0 Å². The van der Waals surface area contributed by atoms with E-state index in [1.807, 2.05) is 0 Å². The van der Waals surface area contributed by atoms with Crippen LogP contribution in [0, 0.1) is 11.3 Å². The summed E-state index contributed by atoms with van der Waals surface area (Å²) in [5, 5.41) is 37.0. The predicted octanol–water partition coefficient (Wildman–Crippen LogP) is -0.169. The zero-order valence-electron chi connectivity index (χ0n) is 8.99. The van der Waals surface area contributed by atoms with Gasteiger partial charge < -0.3 is 20.1 Å². The molecular formula is C11H11NO5. The first-order chi connectivity index (χ1) is 8.01. The molecule has 0 saturated heterocycles. The highest BCUT2D eigenvalue weighted by molar-refractivity contribution is 5.75. The Bertz CT molecular complexity index is 465. The van der Waals surface area contributed by atoms with E-state index in [1.165, 1.54) is 18.2 Å². The molecule has 6 heteroatoms. The van der Waals surface area contributed by atoms with Gasteiger partial charge in [0, 0.05) is 0 Å². The van der Waals surface area contributed by atoms with Crippen molar-refractivity contribution < 1.29 is 24.9 Å². The number of aromatic hydroxyl groups is 1. The third-order valence-electron chi connectivity index (χ3n) is 2.22. The summed E-state index contributed by atoms with van der Waals surface area (Å²) in [5.41, 5.74) is 0.0795. The minimum atomic E-state index is -1.74. The van der Waals surface area contributed by atoms with Crippen LogP contribution >= 0.6 is 0 Å². The van der Waals surface area contributed by atoms with E-state index in [0.717, 1.165) is 7.11 Å². The van der Waals surface area contributed by atoms with Crippen molar-refractivity contribution in [1.29, 1.82) is 5.26 Å². The summed E-state index contributed by atoms with van der Waals surface area (Å²) in [6, 6.07) is 5.39. The molecule has 1 rings (SSSR count). The molecule has 0 aliphatic rings. The quantitative estimate of drug-likeness (QED) is 0.629. The van der Waals surface area contributed by atoms with E-state index in [0.29, 0.717) is 0 Å². The molecule has 2 unspecified atom stereocenters. The monoisotopic (exact) mass is 237 g/mol. The smallest absolute Gasteiger partial charge is 0.337 e. The van der Waals surface area contributed by atoms with Gasteiger partial charge in [0.15, 0.2) is 6.10 Å². The summed E-state index contributed by atoms with van der Waals surface area (Å²) in [5.74, 6) is -1.22. The fourth-order valence-electron chi connectivity index (χ4n) is 1.26. The topological polar surface area (TPSA) is 111 Å². The number of carbonyl (C=O) groups is 1. The van der Waals surface area contributed by atoms with Crippen molar-refractivity contribution in [3.05, 3.63) is 29.3 Å². The Morgan fingerprint density at radius 1 is 1.47 bits per heavy atom. The summed E-state index contributed by atoms with van der Waals surface area (Å²) in [4.78, 5) is 11.0. The number of hydrogen-bond donors (Lipinski definition) is 3. The first kappa shape index (κ1) is 13.0. The molecule has 0 spiro atoms. The Morgan fingerprint density at radius 2 is 2.12 bits per heavy atom. The summed E-state index contributed by atoms with van der Waals surface area (Å²) in [6.07, 6.45) is -3.26. The number of carbonyl (C=O) groups excluding carboxylic acids is 1. The van der Waals surface area contributed by atoms with Crippen molar-refractivity contribution in [3.8, 4) is 11.8 Å². The average Bonchev–Trinajstić information content (AvgIpc) is 2.36. The van der Waals surface area contributed by atoms with Crippen LogP contribution in [0.2, 0.25) is 0 Å². The number of aliphatic hydroxyl groups is 2. The maximum Gasteiger partial charge on any atom is 0.337 e. The summed E-state index contributed by atoms with van der Waals surface area (Å²) in [7, 11) is 1.08. The minimum absolute atomic E-state index is 0.0568. The Hall–Kier alpha value is -2.10. The maximum absolute atomic E-state index is 11.0. The van der Waals surface area contributed by atoms with Crippen LogP contribution in [0.5, 0.6) is 5.75 Å². The van der Waals surface area contributed by atoms with Gasteiger partial charge in [0.25, 0.3) is 0 Å². The second-order valence-corrected chi connectivity index (χ2v) is 3.30. The van der Waals surface area contributed by atoms with Crippen LogP contribution in [0.25, 0.3) is 0 Å². The standard InChI is InChI=1S/C11H11NO5/c1-17-11(16)10(15)9(14)6-2-3-8(13)7(4-6)5-12/h2-4,9-10,13-15H,1H3. The lowest BCUT2D eigenvalue weighted by molar-refractivity contribution is -0.156. The number of esters is 1. The van der Waals surface area contributed by atoms with E-state index < -0.39 is 18.2 Å². The number of nitriles is 1. The van der Waals surface area contributed by atoms with Crippen LogP contribution < -0.4 is 0 Å². The van der Waals surface area contributed by atoms with Gasteiger partial charge in [-0.3, -0.25) is 0 Å². The van der Waals surface area contributed by atoms with Gasteiger partial charge in [-0.15, -0.1) is 0 Å². The molecule has 17 heavy (non-hydrogen) atoms. The Labute approximate surface area is 97.3 Å². The van der Waals surface area contributed by atoms with Crippen LogP contribution in [0.4, 0.5) is 0 Å². The normalized spacial score (nSPS) is 13.5. The molecule has 0 saturated carbocycles. The number of methoxy groups -OCH3 is 1. The minimum Gasteiger partial charge on any atom is -0.507 e. The third kappa shape index (κ3) is 2.72. The molecule has 3 N–H and O–H groups in total. The lowest BCUT2D eigenvalue weighted by Crippen LogP contribution is -2.29. The molecule has 0 heterocycles. The summed E-state index contributed by atoms with van der Waals surface area (Å²) < 4.78 is 4.27. The largest absolute Gasteiger partial charge is 0.507 e. The zero-order chi connectivity index (χ0) is 13.0. The number of aliphatic hydroxyl groups excluding tert-OH is 2. The molecule has 6 nitrogen and oxygen atoms in total. The van der Waals surface area contributed by atoms with E-state index in [9.17, 15) is 20.1 Å². The molecule has 0 amide bonds. The SMILES string of the molecule is COC(=O)C(O)C(O)c1ccc(O)c(C#N)c1. The number of nitrogens with zero attached hydrogens (tertiary/aromatic N) is 1. The van der Waals surface area contributed by atoms with Gasteiger partial charge in [-0.1, -0.05) is 6.07 Å². The van der Waals surface area contributed by atoms with Gasteiger partial charge in [-0.2, -0.15) is 5.26 Å². The molecule has 1 aromatic carbocycles. The van der Waals surface area contributed by atoms with Crippen LogP contribution in [0.15, 0.2) is 18.2 Å². The molecule has 0 aromatic heterocycles. The number of hydrogen-bond acceptors (Lipinski definition) is 6. The van der Waals surface area contributed by atoms with Crippen molar-refractivity contribution in [1.82, 2.24) is 0 Å². The Morgan fingerprint density at radius 3 is 2.65 bits per heavy atom. The second kappa shape index (κ2) is 5.30. The molecule has 1 aromatic rings. The predicted molar refractivity (Wildman–Crippen MR) is 55.8 cm³/mol. The molecule has 2 atom stereocenters. The maximum atomic E-state index is 11.0. The van der Waals surface area contributed by atoms with Crippen molar-refractivity contribution >= 4 is 5.97 Å². The first-order valence-electron chi connectivity index (χ1n) is 4.68. The van der Waals surface area contributed by atoms with Crippen molar-refractivity contribution in [2.24, 2.45) is 0 Å². The lowest BCUT2D eigenvalue weighted by atomic mass is 10.0. The van der Waals surface area contributed by atoms with Crippen LogP contribution in [0.1, 0.15) is 17.2 Å². The van der Waals surface area contributed by atoms with E-state index in [-0.39, 0.29) is 16.9 Å². The number of phenolic OH excluding ortho intramolecular Hbond substituents is 1. The molecule has 0 aliphatic heterocycles. The van der Waals surface area contributed by atoms with Gasteiger partial charge in [0.2, 0.25) is 0 Å². The van der Waals surface area contributed by atoms with Crippen LogP contribution in [-0.2, 0) is 9.53 Å². The van der Waals surface area contributed by atoms with Gasteiger partial charge in [-0.25, -0.2) is 4.79 Å². The zero-order valence-corrected chi connectivity index (χ0v) is 8.99. The highest BCUT2D eigenvalue weighted by Crippen LogP contribution is 2.23. The molecule has 0 bridgehead atoms. The Kier molecular flexibility index (Phi) is 4.04. The number of phenols is 1. The fourth-order valence-corrected chi connectivity index (χ4v) is 1.26. The van der Waals surface area contributed by atoms with Gasteiger partial charge in [-0.05, 0) is 17.7 Å². The summed E-state index contributed by atoms with van der Waals surface area (Å²) >= 11 is 0. The van der Waals surface area contributed by atoms with E-state index in [2.05, 4.69) is 4.74 Å². The Balaban J connectivity index is 3.01. The van der Waals surface area contributed by atoms with E-state index in [4.69, 9.17) is 5.26 Å². The van der Waals surface area contributed by atoms with Gasteiger partial charge in [0.1, 0.15) is 17.9 Å². The highest BCUT2D eigenvalue weighted by Gasteiger charge is 2.26. The number of rotatable bonds is 3. The van der Waals surface area contributed by atoms with E-state index in [1.54, 1.807) is 6.07 Å². The molecular weight excluding hydrogens is 226 g/mol. The third-order valence-corrected chi connectivity index (χ3v) is 2.22. The molecule has 0 fully saturated rings. The number of ether oxygens (including phenoxy) is 1. The van der Waals surface area contributed by atoms with Crippen molar-refractivity contribution in [3.63, 3.8) is 0 Å². The fraction of sp³-hybridized carbons (Fsp3) is 0.273. The summed E-state index contributed by atoms with van der Waals surface area (Å²) in [6.45, 7) is 0. The highest BCUT2D eigenvalue weighted by atomic mass is 16.5. The van der Waals surface area contributed by atoms with Gasteiger partial charge >= 0.3 is 5.97 Å². The van der Waals surface area contributed by atoms with Gasteiger partial charge in [0.05, 0.1) is 12.7 Å². The second-order valence-electron chi connectivity index (χ2n) is 3.30. The molecule has 0 aliphatic carbocycles. The number of benzene rings is 1. The molecule has 90 valence electrons. The van der Waals surface area contributed by atoms with E-state index >= 15 is 0 Å². The van der Waals surface area contributed by atoms with Crippen molar-refractivity contribution in [2.45, 2.75) is 12.2 Å². The average molecular weight is 237 g/mol. The lowest BCUT2D eigenvalue weighted by Gasteiger charge is -2.16. The first-order valence-corrected chi connectivity index (χ1v) is 4.68.